The average molecular weight is 461 g/mol. The molecule has 0 unspecified atom stereocenters. The summed E-state index contributed by atoms with van der Waals surface area (Å²) in [5.41, 5.74) is 0.462. The van der Waals surface area contributed by atoms with Crippen LogP contribution in [0.25, 0.3) is 0 Å². The van der Waals surface area contributed by atoms with E-state index in [1.54, 1.807) is 13.0 Å². The summed E-state index contributed by atoms with van der Waals surface area (Å²) in [7, 11) is -3.79. The number of rotatable bonds is 6. The van der Waals surface area contributed by atoms with E-state index in [1.807, 2.05) is 0 Å². The van der Waals surface area contributed by atoms with Crippen molar-refractivity contribution in [3.63, 3.8) is 0 Å². The van der Waals surface area contributed by atoms with Crippen LogP contribution in [0.1, 0.15) is 29.9 Å². The Morgan fingerprint density at radius 1 is 1.26 bits per heavy atom. The number of amides is 1. The van der Waals surface area contributed by atoms with Crippen molar-refractivity contribution >= 4 is 15.9 Å². The number of carbonyl (C=O) groups is 1. The normalized spacial score (nSPS) is 16.3. The van der Waals surface area contributed by atoms with Gasteiger partial charge in [0.2, 0.25) is 15.9 Å². The van der Waals surface area contributed by atoms with Gasteiger partial charge in [0.1, 0.15) is 16.3 Å². The zero-order valence-electron chi connectivity index (χ0n) is 16.9. The van der Waals surface area contributed by atoms with Crippen LogP contribution in [-0.4, -0.2) is 43.2 Å². The summed E-state index contributed by atoms with van der Waals surface area (Å²) in [5.74, 6) is -0.976. The van der Waals surface area contributed by atoms with Gasteiger partial charge in [0, 0.05) is 31.1 Å². The molecule has 1 N–H and O–H groups in total. The van der Waals surface area contributed by atoms with Crippen LogP contribution < -0.4 is 10.1 Å². The quantitative estimate of drug-likeness (QED) is 0.710. The summed E-state index contributed by atoms with van der Waals surface area (Å²) in [6, 6.07) is 5.55. The minimum absolute atomic E-state index is 0.0386. The first kappa shape index (κ1) is 23.1. The lowest BCUT2D eigenvalue weighted by molar-refractivity contribution is -0.274. The number of halogens is 3. The molecular formula is C19H22F3N3O5S. The Morgan fingerprint density at radius 3 is 2.48 bits per heavy atom. The minimum atomic E-state index is -4.83. The number of alkyl halides is 3. The monoisotopic (exact) mass is 461 g/mol. The third-order valence-corrected chi connectivity index (χ3v) is 7.19. The predicted molar refractivity (Wildman–Crippen MR) is 102 cm³/mol. The molecule has 2 aromatic rings. The van der Waals surface area contributed by atoms with Crippen molar-refractivity contribution in [1.29, 1.82) is 0 Å². The van der Waals surface area contributed by atoms with Crippen LogP contribution >= 0.6 is 0 Å². The second-order valence-corrected chi connectivity index (χ2v) is 9.08. The van der Waals surface area contributed by atoms with Crippen LogP contribution in [0.4, 0.5) is 13.2 Å². The summed E-state index contributed by atoms with van der Waals surface area (Å²) < 4.78 is 73.5. The Hall–Kier alpha value is -2.60. The van der Waals surface area contributed by atoms with Gasteiger partial charge in [0.15, 0.2) is 5.76 Å². The van der Waals surface area contributed by atoms with Gasteiger partial charge in [-0.25, -0.2) is 8.42 Å². The van der Waals surface area contributed by atoms with E-state index in [0.717, 1.165) is 0 Å². The third kappa shape index (κ3) is 5.37. The summed E-state index contributed by atoms with van der Waals surface area (Å²) in [4.78, 5) is 12.5. The number of para-hydroxylation sites is 1. The topological polar surface area (TPSA) is 102 Å². The molecule has 3 rings (SSSR count). The van der Waals surface area contributed by atoms with Crippen LogP contribution in [0.3, 0.4) is 0 Å². The maximum Gasteiger partial charge on any atom is 0.573 e. The van der Waals surface area contributed by atoms with Gasteiger partial charge in [0.05, 0.1) is 0 Å². The van der Waals surface area contributed by atoms with Gasteiger partial charge in [-0.15, -0.1) is 13.2 Å². The fourth-order valence-electron chi connectivity index (χ4n) is 3.53. The summed E-state index contributed by atoms with van der Waals surface area (Å²) in [6.45, 7) is 3.20. The number of ether oxygens (including phenoxy) is 1. The smallest absolute Gasteiger partial charge is 0.405 e. The van der Waals surface area contributed by atoms with Crippen molar-refractivity contribution in [2.45, 2.75) is 44.5 Å². The lowest BCUT2D eigenvalue weighted by atomic mass is 9.97. The molecule has 1 amide bonds. The molecule has 8 nitrogen and oxygen atoms in total. The zero-order valence-corrected chi connectivity index (χ0v) is 17.7. The van der Waals surface area contributed by atoms with Crippen molar-refractivity contribution in [3.05, 3.63) is 41.3 Å². The molecule has 1 aliphatic rings. The molecule has 170 valence electrons. The number of piperidine rings is 1. The minimum Gasteiger partial charge on any atom is -0.405 e. The first-order valence-corrected chi connectivity index (χ1v) is 11.0. The molecule has 0 atom stereocenters. The highest BCUT2D eigenvalue weighted by Gasteiger charge is 2.36. The summed E-state index contributed by atoms with van der Waals surface area (Å²) >= 11 is 0. The number of aryl methyl sites for hydroxylation is 2. The first-order valence-electron chi connectivity index (χ1n) is 9.53. The molecule has 31 heavy (non-hydrogen) atoms. The van der Waals surface area contributed by atoms with E-state index in [-0.39, 0.29) is 66.0 Å². The molecule has 1 aliphatic heterocycles. The van der Waals surface area contributed by atoms with E-state index in [2.05, 4.69) is 15.2 Å². The molecule has 0 bridgehead atoms. The van der Waals surface area contributed by atoms with E-state index in [9.17, 15) is 26.4 Å². The van der Waals surface area contributed by atoms with Crippen molar-refractivity contribution in [2.24, 2.45) is 5.92 Å². The Labute approximate surface area is 177 Å². The molecule has 1 saturated heterocycles. The fourth-order valence-corrected chi connectivity index (χ4v) is 5.29. The number of hydrogen-bond donors (Lipinski definition) is 1. The van der Waals surface area contributed by atoms with E-state index in [1.165, 1.54) is 29.4 Å². The molecule has 1 fully saturated rings. The van der Waals surface area contributed by atoms with Gasteiger partial charge >= 0.3 is 6.36 Å². The van der Waals surface area contributed by atoms with Crippen LogP contribution in [0.5, 0.6) is 5.75 Å². The number of sulfonamides is 1. The Balaban J connectivity index is 1.58. The molecule has 0 aliphatic carbocycles. The highest BCUT2D eigenvalue weighted by Crippen LogP contribution is 2.29. The van der Waals surface area contributed by atoms with E-state index in [0.29, 0.717) is 0 Å². The van der Waals surface area contributed by atoms with Gasteiger partial charge in [-0.3, -0.25) is 4.79 Å². The fraction of sp³-hybridized carbons (Fsp3) is 0.474. The molecular weight excluding hydrogens is 439 g/mol. The van der Waals surface area contributed by atoms with Gasteiger partial charge in [0.25, 0.3) is 0 Å². The number of aromatic nitrogens is 1. The Bertz CT molecular complexity index is 1020. The molecule has 0 spiro atoms. The maximum atomic E-state index is 12.8. The first-order chi connectivity index (χ1) is 14.5. The van der Waals surface area contributed by atoms with E-state index >= 15 is 0 Å². The zero-order chi connectivity index (χ0) is 22.8. The molecule has 1 aromatic heterocycles. The van der Waals surface area contributed by atoms with Crippen molar-refractivity contribution in [2.75, 3.05) is 13.1 Å². The largest absolute Gasteiger partial charge is 0.573 e. The molecule has 2 heterocycles. The molecule has 12 heteroatoms. The number of hydrogen-bond acceptors (Lipinski definition) is 6. The third-order valence-electron chi connectivity index (χ3n) is 5.04. The number of nitrogens with one attached hydrogen (secondary N) is 1. The molecule has 0 saturated carbocycles. The maximum absolute atomic E-state index is 12.8. The second-order valence-electron chi connectivity index (χ2n) is 7.20. The summed E-state index contributed by atoms with van der Waals surface area (Å²) in [5, 5.41) is 6.29. The van der Waals surface area contributed by atoms with E-state index < -0.39 is 22.3 Å². The van der Waals surface area contributed by atoms with Crippen molar-refractivity contribution < 1.29 is 35.6 Å². The van der Waals surface area contributed by atoms with Crippen LogP contribution in [-0.2, 0) is 21.4 Å². The lowest BCUT2D eigenvalue weighted by Gasteiger charge is -2.30. The number of nitrogens with zero attached hydrogens (tertiary/aromatic N) is 2. The van der Waals surface area contributed by atoms with Crippen molar-refractivity contribution in [3.8, 4) is 5.75 Å². The van der Waals surface area contributed by atoms with Crippen molar-refractivity contribution in [1.82, 2.24) is 14.8 Å². The van der Waals surface area contributed by atoms with Crippen LogP contribution in [0, 0.1) is 19.8 Å². The standard InChI is InChI=1S/C19H22F3N3O5S/c1-12-17(13(2)30-24-12)31(27,28)25-9-7-14(8-10-25)18(26)23-11-15-5-3-4-6-16(15)29-19(20,21)22/h3-6,14H,7-11H2,1-2H3,(H,23,26). The van der Waals surface area contributed by atoms with Crippen LogP contribution in [0.2, 0.25) is 0 Å². The van der Waals surface area contributed by atoms with Gasteiger partial charge in [-0.05, 0) is 32.8 Å². The van der Waals surface area contributed by atoms with Gasteiger partial charge in [-0.1, -0.05) is 23.4 Å². The summed E-state index contributed by atoms with van der Waals surface area (Å²) in [6.07, 6.45) is -4.26. The predicted octanol–water partition coefficient (Wildman–Crippen LogP) is 2.91. The second kappa shape index (κ2) is 8.87. The Morgan fingerprint density at radius 2 is 1.90 bits per heavy atom. The average Bonchev–Trinajstić information content (AvgIpc) is 3.05. The van der Waals surface area contributed by atoms with Gasteiger partial charge in [-0.2, -0.15) is 4.31 Å². The molecule has 0 radical (unpaired) electrons. The SMILES string of the molecule is Cc1noc(C)c1S(=O)(=O)N1CCC(C(=O)NCc2ccccc2OC(F)(F)F)CC1. The highest BCUT2D eigenvalue weighted by molar-refractivity contribution is 7.89. The molecule has 1 aromatic carbocycles. The van der Waals surface area contributed by atoms with E-state index in [4.69, 9.17) is 4.52 Å². The van der Waals surface area contributed by atoms with Gasteiger partial charge < -0.3 is 14.6 Å². The lowest BCUT2D eigenvalue weighted by Crippen LogP contribution is -2.43. The van der Waals surface area contributed by atoms with Crippen LogP contribution in [0.15, 0.2) is 33.7 Å². The number of benzene rings is 1. The number of carbonyl (C=O) groups excluding carboxylic acids is 1. The Kier molecular flexibility index (Phi) is 6.60. The highest BCUT2D eigenvalue weighted by atomic mass is 32.2.